The summed E-state index contributed by atoms with van der Waals surface area (Å²) >= 11 is 1.54. The van der Waals surface area contributed by atoms with Crippen LogP contribution in [0.1, 0.15) is 12.5 Å². The number of fused-ring (bicyclic) bond motifs is 1. The number of para-hydroxylation sites is 1. The minimum atomic E-state index is 0.643. The lowest BCUT2D eigenvalue weighted by Gasteiger charge is -2.08. The number of nitrogens with zero attached hydrogens (tertiary/aromatic N) is 4. The largest absolute Gasteiger partial charge is 0.354 e. The third-order valence-electron chi connectivity index (χ3n) is 2.96. The van der Waals surface area contributed by atoms with Gasteiger partial charge in [-0.3, -0.25) is 0 Å². The van der Waals surface area contributed by atoms with E-state index in [4.69, 9.17) is 0 Å². The first-order chi connectivity index (χ1) is 10.3. The number of nitrogens with one attached hydrogen (secondary N) is 1. The zero-order valence-corrected chi connectivity index (χ0v) is 12.7. The highest BCUT2D eigenvalue weighted by Gasteiger charge is 2.10. The average Bonchev–Trinajstić information content (AvgIpc) is 2.51. The first-order valence-electron chi connectivity index (χ1n) is 6.73. The van der Waals surface area contributed by atoms with Crippen molar-refractivity contribution in [1.82, 2.24) is 19.9 Å². The summed E-state index contributed by atoms with van der Waals surface area (Å²) in [5.41, 5.74) is 1.97. The van der Waals surface area contributed by atoms with Gasteiger partial charge in [0.1, 0.15) is 16.4 Å². The van der Waals surface area contributed by atoms with E-state index in [9.17, 15) is 0 Å². The van der Waals surface area contributed by atoms with Gasteiger partial charge in [0, 0.05) is 23.7 Å². The molecule has 21 heavy (non-hydrogen) atoms. The van der Waals surface area contributed by atoms with Crippen LogP contribution in [0.15, 0.2) is 46.8 Å². The van der Waals surface area contributed by atoms with E-state index in [1.165, 1.54) is 0 Å². The summed E-state index contributed by atoms with van der Waals surface area (Å²) in [7, 11) is 0. The number of hydrogen-bond donors (Lipinski definition) is 1. The molecule has 0 amide bonds. The molecule has 0 spiro atoms. The average molecular weight is 297 g/mol. The monoisotopic (exact) mass is 297 g/mol. The lowest BCUT2D eigenvalue weighted by molar-refractivity contribution is 0.979. The van der Waals surface area contributed by atoms with Gasteiger partial charge >= 0.3 is 0 Å². The first kappa shape index (κ1) is 13.8. The highest BCUT2D eigenvalue weighted by Crippen LogP contribution is 2.31. The molecule has 6 heteroatoms. The smallest absolute Gasteiger partial charge is 0.223 e. The molecule has 0 saturated carbocycles. The molecular formula is C15H15N5S. The predicted octanol–water partition coefficient (Wildman–Crippen LogP) is 3.31. The van der Waals surface area contributed by atoms with E-state index in [0.717, 1.165) is 33.1 Å². The normalized spacial score (nSPS) is 10.8. The van der Waals surface area contributed by atoms with Gasteiger partial charge in [-0.05, 0) is 31.7 Å². The minimum absolute atomic E-state index is 0.643. The standard InChI is InChI=1S/C15H15N5S/c1-3-16-15-17-8-10(2)13(20-15)21-14-11-6-4-5-7-12(11)18-9-19-14/h4-9H,3H2,1-2H3,(H,16,17,20). The van der Waals surface area contributed by atoms with Crippen molar-refractivity contribution in [1.29, 1.82) is 0 Å². The van der Waals surface area contributed by atoms with Crippen molar-refractivity contribution in [2.24, 2.45) is 0 Å². The van der Waals surface area contributed by atoms with Gasteiger partial charge in [-0.2, -0.15) is 0 Å². The van der Waals surface area contributed by atoms with Crippen LogP contribution >= 0.6 is 11.8 Å². The molecule has 2 aromatic heterocycles. The molecule has 1 aromatic carbocycles. The summed E-state index contributed by atoms with van der Waals surface area (Å²) in [6, 6.07) is 7.98. The van der Waals surface area contributed by atoms with Gasteiger partial charge in [-0.15, -0.1) is 0 Å². The fourth-order valence-electron chi connectivity index (χ4n) is 1.93. The fraction of sp³-hybridized carbons (Fsp3) is 0.200. The molecular weight excluding hydrogens is 282 g/mol. The second kappa shape index (κ2) is 6.05. The van der Waals surface area contributed by atoms with Gasteiger partial charge < -0.3 is 5.32 Å². The van der Waals surface area contributed by atoms with Crippen molar-refractivity contribution in [2.45, 2.75) is 23.9 Å². The van der Waals surface area contributed by atoms with E-state index in [1.807, 2.05) is 44.3 Å². The van der Waals surface area contributed by atoms with Gasteiger partial charge in [0.15, 0.2) is 0 Å². The molecule has 3 rings (SSSR count). The van der Waals surface area contributed by atoms with Crippen molar-refractivity contribution in [3.8, 4) is 0 Å². The van der Waals surface area contributed by atoms with Crippen LogP contribution < -0.4 is 5.32 Å². The zero-order valence-electron chi connectivity index (χ0n) is 11.9. The van der Waals surface area contributed by atoms with E-state index in [0.29, 0.717) is 5.95 Å². The summed E-state index contributed by atoms with van der Waals surface area (Å²) in [5.74, 6) is 0.643. The molecule has 0 bridgehead atoms. The first-order valence-corrected chi connectivity index (χ1v) is 7.54. The fourth-order valence-corrected chi connectivity index (χ4v) is 2.84. The molecule has 0 aliphatic carbocycles. The van der Waals surface area contributed by atoms with Crippen LogP contribution in [-0.4, -0.2) is 26.5 Å². The predicted molar refractivity (Wildman–Crippen MR) is 84.6 cm³/mol. The van der Waals surface area contributed by atoms with Gasteiger partial charge in [-0.25, -0.2) is 19.9 Å². The second-order valence-corrected chi connectivity index (χ2v) is 5.49. The number of rotatable bonds is 4. The molecule has 0 unspecified atom stereocenters. The summed E-state index contributed by atoms with van der Waals surface area (Å²) in [4.78, 5) is 17.5. The molecule has 0 aliphatic rings. The number of aryl methyl sites for hydroxylation is 1. The Labute approximate surface area is 127 Å². The minimum Gasteiger partial charge on any atom is -0.354 e. The van der Waals surface area contributed by atoms with E-state index in [2.05, 4.69) is 25.3 Å². The van der Waals surface area contributed by atoms with Crippen LogP contribution in [0.3, 0.4) is 0 Å². The molecule has 106 valence electrons. The van der Waals surface area contributed by atoms with Gasteiger partial charge in [0.05, 0.1) is 5.52 Å². The van der Waals surface area contributed by atoms with E-state index < -0.39 is 0 Å². The van der Waals surface area contributed by atoms with E-state index >= 15 is 0 Å². The van der Waals surface area contributed by atoms with Crippen LogP contribution in [0.2, 0.25) is 0 Å². The van der Waals surface area contributed by atoms with Crippen LogP contribution in [-0.2, 0) is 0 Å². The van der Waals surface area contributed by atoms with Crippen LogP contribution in [0.25, 0.3) is 10.9 Å². The van der Waals surface area contributed by atoms with Crippen molar-refractivity contribution in [2.75, 3.05) is 11.9 Å². The van der Waals surface area contributed by atoms with Crippen molar-refractivity contribution in [3.05, 3.63) is 42.4 Å². The highest BCUT2D eigenvalue weighted by molar-refractivity contribution is 7.99. The topological polar surface area (TPSA) is 63.6 Å². The Morgan fingerprint density at radius 3 is 2.81 bits per heavy atom. The third-order valence-corrected chi connectivity index (χ3v) is 4.09. The number of aromatic nitrogens is 4. The van der Waals surface area contributed by atoms with Gasteiger partial charge in [0.25, 0.3) is 0 Å². The maximum absolute atomic E-state index is 4.54. The summed E-state index contributed by atoms with van der Waals surface area (Å²) in [6.07, 6.45) is 3.42. The quantitative estimate of drug-likeness (QED) is 0.745. The Bertz CT molecular complexity index is 770. The van der Waals surface area contributed by atoms with Crippen molar-refractivity contribution >= 4 is 28.6 Å². The molecule has 1 N–H and O–H groups in total. The highest BCUT2D eigenvalue weighted by atomic mass is 32.2. The van der Waals surface area contributed by atoms with E-state index in [-0.39, 0.29) is 0 Å². The van der Waals surface area contributed by atoms with Gasteiger partial charge in [-0.1, -0.05) is 18.2 Å². The maximum atomic E-state index is 4.54. The molecule has 0 aliphatic heterocycles. The summed E-state index contributed by atoms with van der Waals surface area (Å²) in [6.45, 7) is 4.82. The SMILES string of the molecule is CCNc1ncc(C)c(Sc2ncnc3ccccc23)n1. The lowest BCUT2D eigenvalue weighted by Crippen LogP contribution is -2.03. The molecule has 5 nitrogen and oxygen atoms in total. The molecule has 0 fully saturated rings. The molecule has 2 heterocycles. The third kappa shape index (κ3) is 2.95. The Balaban J connectivity index is 2.00. The molecule has 0 radical (unpaired) electrons. The van der Waals surface area contributed by atoms with Gasteiger partial charge in [0.2, 0.25) is 5.95 Å². The Morgan fingerprint density at radius 1 is 1.10 bits per heavy atom. The van der Waals surface area contributed by atoms with Crippen LogP contribution in [0.4, 0.5) is 5.95 Å². The summed E-state index contributed by atoms with van der Waals surface area (Å²) < 4.78 is 0. The summed E-state index contributed by atoms with van der Waals surface area (Å²) in [5, 5.41) is 5.98. The Hall–Kier alpha value is -2.21. The Morgan fingerprint density at radius 2 is 1.95 bits per heavy atom. The van der Waals surface area contributed by atoms with Crippen LogP contribution in [0.5, 0.6) is 0 Å². The number of anilines is 1. The second-order valence-electron chi connectivity index (χ2n) is 4.51. The molecule has 0 saturated heterocycles. The van der Waals surface area contributed by atoms with Crippen LogP contribution in [0, 0.1) is 6.92 Å². The Kier molecular flexibility index (Phi) is 3.96. The zero-order chi connectivity index (χ0) is 14.7. The van der Waals surface area contributed by atoms with Crippen molar-refractivity contribution in [3.63, 3.8) is 0 Å². The molecule has 0 atom stereocenters. The van der Waals surface area contributed by atoms with E-state index in [1.54, 1.807) is 18.1 Å². The molecule has 3 aromatic rings. The maximum Gasteiger partial charge on any atom is 0.223 e. The lowest BCUT2D eigenvalue weighted by atomic mass is 10.2. The number of benzene rings is 1. The number of hydrogen-bond acceptors (Lipinski definition) is 6. The van der Waals surface area contributed by atoms with Crippen molar-refractivity contribution < 1.29 is 0 Å².